The maximum Gasteiger partial charge on any atom is 0.157 e. The maximum atomic E-state index is 11.5. The highest BCUT2D eigenvalue weighted by Gasteiger charge is 2.21. The van der Waals surface area contributed by atoms with E-state index in [1.807, 2.05) is 20.8 Å². The standard InChI is InChI=1S/C10H20O3S/c1-5-9(4)10(11)7-14(12,13)6-8(2)3/h8-9H,5-7H2,1-4H3. The van der Waals surface area contributed by atoms with Crippen molar-refractivity contribution in [1.82, 2.24) is 0 Å². The summed E-state index contributed by atoms with van der Waals surface area (Å²) in [7, 11) is -3.18. The molecular weight excluding hydrogens is 200 g/mol. The molecule has 1 unspecified atom stereocenters. The Bertz CT molecular complexity index is 278. The number of hydrogen-bond donors (Lipinski definition) is 0. The van der Waals surface area contributed by atoms with E-state index >= 15 is 0 Å². The molecule has 1 atom stereocenters. The Morgan fingerprint density at radius 2 is 1.71 bits per heavy atom. The first-order valence-electron chi connectivity index (χ1n) is 5.01. The van der Waals surface area contributed by atoms with Gasteiger partial charge in [0.05, 0.1) is 5.75 Å². The molecule has 4 heteroatoms. The summed E-state index contributed by atoms with van der Waals surface area (Å²) in [6, 6.07) is 0. The van der Waals surface area contributed by atoms with Crippen molar-refractivity contribution in [2.75, 3.05) is 11.5 Å². The second-order valence-corrected chi connectivity index (χ2v) is 6.33. The Morgan fingerprint density at radius 3 is 2.07 bits per heavy atom. The molecule has 3 nitrogen and oxygen atoms in total. The van der Waals surface area contributed by atoms with Crippen LogP contribution in [0.2, 0.25) is 0 Å². The Labute approximate surface area is 86.8 Å². The van der Waals surface area contributed by atoms with E-state index in [0.717, 1.165) is 0 Å². The Hall–Kier alpha value is -0.380. The van der Waals surface area contributed by atoms with Gasteiger partial charge < -0.3 is 0 Å². The van der Waals surface area contributed by atoms with Crippen LogP contribution in [0.1, 0.15) is 34.1 Å². The van der Waals surface area contributed by atoms with Gasteiger partial charge in [0.15, 0.2) is 15.6 Å². The van der Waals surface area contributed by atoms with Crippen LogP contribution in [0.25, 0.3) is 0 Å². The third kappa shape index (κ3) is 5.37. The van der Waals surface area contributed by atoms with Crippen molar-refractivity contribution in [2.45, 2.75) is 34.1 Å². The third-order valence-electron chi connectivity index (χ3n) is 2.11. The van der Waals surface area contributed by atoms with Crippen molar-refractivity contribution in [3.8, 4) is 0 Å². The molecule has 0 aromatic carbocycles. The predicted octanol–water partition coefficient (Wildman–Crippen LogP) is 1.67. The van der Waals surface area contributed by atoms with E-state index in [0.29, 0.717) is 6.42 Å². The Balaban J connectivity index is 4.30. The summed E-state index contributed by atoms with van der Waals surface area (Å²) >= 11 is 0. The maximum absolute atomic E-state index is 11.5. The number of sulfone groups is 1. The highest BCUT2D eigenvalue weighted by molar-refractivity contribution is 7.92. The molecule has 0 spiro atoms. The molecule has 0 rings (SSSR count). The van der Waals surface area contributed by atoms with E-state index in [-0.39, 0.29) is 29.1 Å². The molecule has 0 aliphatic carbocycles. The number of hydrogen-bond acceptors (Lipinski definition) is 3. The fourth-order valence-corrected chi connectivity index (χ4v) is 3.01. The minimum Gasteiger partial charge on any atom is -0.298 e. The first-order chi connectivity index (χ1) is 6.28. The molecule has 0 saturated carbocycles. The molecule has 84 valence electrons. The molecule has 0 saturated heterocycles. The van der Waals surface area contributed by atoms with E-state index in [9.17, 15) is 13.2 Å². The van der Waals surface area contributed by atoms with E-state index < -0.39 is 9.84 Å². The highest BCUT2D eigenvalue weighted by atomic mass is 32.2. The zero-order valence-electron chi connectivity index (χ0n) is 9.41. The molecular formula is C10H20O3S. The summed E-state index contributed by atoms with van der Waals surface area (Å²) in [5.41, 5.74) is 0. The van der Waals surface area contributed by atoms with Crippen molar-refractivity contribution in [3.63, 3.8) is 0 Å². The van der Waals surface area contributed by atoms with Gasteiger partial charge in [0.25, 0.3) is 0 Å². The monoisotopic (exact) mass is 220 g/mol. The first kappa shape index (κ1) is 13.6. The van der Waals surface area contributed by atoms with Crippen LogP contribution in [-0.2, 0) is 14.6 Å². The molecule has 0 aromatic heterocycles. The predicted molar refractivity (Wildman–Crippen MR) is 58.0 cm³/mol. The SMILES string of the molecule is CCC(C)C(=O)CS(=O)(=O)CC(C)C. The molecule has 14 heavy (non-hydrogen) atoms. The van der Waals surface area contributed by atoms with Crippen LogP contribution >= 0.6 is 0 Å². The fraction of sp³-hybridized carbons (Fsp3) is 0.900. The molecule has 0 radical (unpaired) electrons. The van der Waals surface area contributed by atoms with Gasteiger partial charge in [0.1, 0.15) is 5.75 Å². The van der Waals surface area contributed by atoms with Gasteiger partial charge in [-0.1, -0.05) is 27.7 Å². The molecule has 0 amide bonds. The summed E-state index contributed by atoms with van der Waals surface area (Å²) in [6.07, 6.45) is 0.704. The van der Waals surface area contributed by atoms with E-state index in [2.05, 4.69) is 0 Å². The summed E-state index contributed by atoms with van der Waals surface area (Å²) in [4.78, 5) is 11.4. The van der Waals surface area contributed by atoms with Crippen molar-refractivity contribution in [1.29, 1.82) is 0 Å². The van der Waals surface area contributed by atoms with Crippen LogP contribution < -0.4 is 0 Å². The van der Waals surface area contributed by atoms with Crippen molar-refractivity contribution in [2.24, 2.45) is 11.8 Å². The van der Waals surface area contributed by atoms with E-state index in [1.165, 1.54) is 0 Å². The summed E-state index contributed by atoms with van der Waals surface area (Å²) in [6.45, 7) is 7.33. The highest BCUT2D eigenvalue weighted by Crippen LogP contribution is 2.07. The third-order valence-corrected chi connectivity index (χ3v) is 4.01. The normalized spacial score (nSPS) is 14.4. The molecule has 0 aliphatic heterocycles. The smallest absolute Gasteiger partial charge is 0.157 e. The lowest BCUT2D eigenvalue weighted by molar-refractivity contribution is -0.119. The number of carbonyl (C=O) groups excluding carboxylic acids is 1. The van der Waals surface area contributed by atoms with Gasteiger partial charge in [0, 0.05) is 5.92 Å². The molecule has 0 aliphatic rings. The van der Waals surface area contributed by atoms with Gasteiger partial charge in [-0.2, -0.15) is 0 Å². The van der Waals surface area contributed by atoms with Gasteiger partial charge in [-0.05, 0) is 12.3 Å². The largest absolute Gasteiger partial charge is 0.298 e. The first-order valence-corrected chi connectivity index (χ1v) is 6.83. The van der Waals surface area contributed by atoms with Gasteiger partial charge in [0.2, 0.25) is 0 Å². The average molecular weight is 220 g/mol. The summed E-state index contributed by atoms with van der Waals surface area (Å²) in [5, 5.41) is 0. The van der Waals surface area contributed by atoms with Gasteiger partial charge >= 0.3 is 0 Å². The quantitative estimate of drug-likeness (QED) is 0.684. The lowest BCUT2D eigenvalue weighted by Gasteiger charge is -2.09. The number of Topliss-reactive ketones (excluding diaryl/α,β-unsaturated/α-hetero) is 1. The molecule has 0 aromatic rings. The number of ketones is 1. The van der Waals surface area contributed by atoms with E-state index in [4.69, 9.17) is 0 Å². The second-order valence-electron chi connectivity index (χ2n) is 4.22. The van der Waals surface area contributed by atoms with Crippen LogP contribution in [0.4, 0.5) is 0 Å². The Kier molecular flexibility index (Phi) is 5.34. The zero-order chi connectivity index (χ0) is 11.4. The molecule has 0 heterocycles. The average Bonchev–Trinajstić information content (AvgIpc) is 1.99. The lowest BCUT2D eigenvalue weighted by atomic mass is 10.1. The van der Waals surface area contributed by atoms with Crippen LogP contribution in [0.3, 0.4) is 0 Å². The lowest BCUT2D eigenvalue weighted by Crippen LogP contribution is -2.25. The van der Waals surface area contributed by atoms with Crippen molar-refractivity contribution >= 4 is 15.6 Å². The van der Waals surface area contributed by atoms with Gasteiger partial charge in [-0.15, -0.1) is 0 Å². The summed E-state index contributed by atoms with van der Waals surface area (Å²) < 4.78 is 22.9. The van der Waals surface area contributed by atoms with Crippen LogP contribution in [-0.4, -0.2) is 25.7 Å². The molecule has 0 fully saturated rings. The van der Waals surface area contributed by atoms with Crippen LogP contribution in [0.5, 0.6) is 0 Å². The topological polar surface area (TPSA) is 51.2 Å². The Morgan fingerprint density at radius 1 is 1.21 bits per heavy atom. The molecule has 0 N–H and O–H groups in total. The van der Waals surface area contributed by atoms with Gasteiger partial charge in [-0.3, -0.25) is 4.79 Å². The fourth-order valence-electron chi connectivity index (χ4n) is 1.15. The van der Waals surface area contributed by atoms with Gasteiger partial charge in [-0.25, -0.2) is 8.42 Å². The number of rotatable bonds is 6. The van der Waals surface area contributed by atoms with Crippen molar-refractivity contribution < 1.29 is 13.2 Å². The molecule has 0 bridgehead atoms. The van der Waals surface area contributed by atoms with E-state index in [1.54, 1.807) is 6.92 Å². The second kappa shape index (κ2) is 5.49. The van der Waals surface area contributed by atoms with Crippen LogP contribution in [0, 0.1) is 11.8 Å². The zero-order valence-corrected chi connectivity index (χ0v) is 10.2. The minimum absolute atomic E-state index is 0.0877. The minimum atomic E-state index is -3.18. The number of carbonyl (C=O) groups is 1. The van der Waals surface area contributed by atoms with Crippen LogP contribution in [0.15, 0.2) is 0 Å². The van der Waals surface area contributed by atoms with Crippen molar-refractivity contribution in [3.05, 3.63) is 0 Å². The summed E-state index contributed by atoms with van der Waals surface area (Å²) in [5.74, 6) is -0.398.